The molecule has 0 fully saturated rings. The van der Waals surface area contributed by atoms with Crippen molar-refractivity contribution in [3.63, 3.8) is 0 Å². The number of rotatable bonds is 3. The molecule has 0 saturated heterocycles. The van der Waals surface area contributed by atoms with Gasteiger partial charge in [0.15, 0.2) is 0 Å². The monoisotopic (exact) mass is 440 g/mol. The number of nitrogens with zero attached hydrogens (tertiary/aromatic N) is 2. The zero-order valence-electron chi connectivity index (χ0n) is 17.0. The Morgan fingerprint density at radius 3 is 2.37 bits per heavy atom. The van der Waals surface area contributed by atoms with E-state index in [-0.39, 0.29) is 11.5 Å². The number of benzene rings is 2. The lowest BCUT2D eigenvalue weighted by atomic mass is 9.82. The second-order valence-corrected chi connectivity index (χ2v) is 9.44. The topological polar surface area (TPSA) is 51.5 Å². The summed E-state index contributed by atoms with van der Waals surface area (Å²) in [7, 11) is 0. The Morgan fingerprint density at radius 2 is 1.73 bits per heavy atom. The minimum atomic E-state index is -0.517. The summed E-state index contributed by atoms with van der Waals surface area (Å²) in [5.74, 6) is 0.443. The van der Waals surface area contributed by atoms with Crippen molar-refractivity contribution in [3.05, 3.63) is 75.1 Å². The Bertz CT molecular complexity index is 1090. The van der Waals surface area contributed by atoms with E-state index in [9.17, 15) is 4.91 Å². The number of aromatic nitrogens is 1. The maximum Gasteiger partial charge on any atom is 0.219 e. The van der Waals surface area contributed by atoms with Crippen molar-refractivity contribution in [1.82, 2.24) is 4.98 Å². The van der Waals surface area contributed by atoms with E-state index in [0.29, 0.717) is 33.6 Å². The Kier molecular flexibility index (Phi) is 5.56. The normalized spacial score (nSPS) is 18.4. The van der Waals surface area contributed by atoms with Crippen molar-refractivity contribution in [1.29, 1.82) is 0 Å². The van der Waals surface area contributed by atoms with Crippen LogP contribution in [0.25, 0.3) is 22.4 Å². The lowest BCUT2D eigenvalue weighted by molar-refractivity contribution is 0.0535. The molecular formula is C24H22Cl2N2O2. The molecule has 2 aromatic carbocycles. The van der Waals surface area contributed by atoms with E-state index in [2.05, 4.69) is 25.9 Å². The number of halogens is 2. The Labute approximate surface area is 186 Å². The molecule has 2 atom stereocenters. The summed E-state index contributed by atoms with van der Waals surface area (Å²) >= 11 is 12.6. The van der Waals surface area contributed by atoms with Crippen molar-refractivity contribution in [2.75, 3.05) is 0 Å². The van der Waals surface area contributed by atoms with Crippen molar-refractivity contribution in [3.8, 4) is 28.3 Å². The minimum Gasteiger partial charge on any atom is -0.473 e. The van der Waals surface area contributed by atoms with Gasteiger partial charge in [-0.3, -0.25) is 0 Å². The van der Waals surface area contributed by atoms with E-state index >= 15 is 0 Å². The largest absolute Gasteiger partial charge is 0.473 e. The molecule has 0 N–H and O–H groups in total. The molecule has 30 heavy (non-hydrogen) atoms. The number of hydrogen-bond acceptors (Lipinski definition) is 4. The fraction of sp³-hybridized carbons (Fsp3) is 0.292. The van der Waals surface area contributed by atoms with Gasteiger partial charge in [-0.15, -0.1) is 0 Å². The third-order valence-corrected chi connectivity index (χ3v) is 6.02. The highest BCUT2D eigenvalue weighted by molar-refractivity contribution is 6.33. The van der Waals surface area contributed by atoms with Gasteiger partial charge < -0.3 is 4.74 Å². The van der Waals surface area contributed by atoms with E-state index < -0.39 is 6.04 Å². The van der Waals surface area contributed by atoms with Gasteiger partial charge in [0.05, 0.1) is 5.69 Å². The highest BCUT2D eigenvalue weighted by atomic mass is 35.5. The van der Waals surface area contributed by atoms with Crippen LogP contribution in [0.3, 0.4) is 0 Å². The number of nitroso groups, excluding NO2 is 1. The van der Waals surface area contributed by atoms with E-state index in [4.69, 9.17) is 32.9 Å². The summed E-state index contributed by atoms with van der Waals surface area (Å²) in [6.45, 7) is 6.25. The van der Waals surface area contributed by atoms with Crippen LogP contribution in [0.5, 0.6) is 5.88 Å². The van der Waals surface area contributed by atoms with Crippen LogP contribution in [0.1, 0.15) is 38.8 Å². The van der Waals surface area contributed by atoms with Gasteiger partial charge in [0.2, 0.25) is 5.88 Å². The van der Waals surface area contributed by atoms with E-state index in [1.54, 1.807) is 0 Å². The van der Waals surface area contributed by atoms with Gasteiger partial charge in [0, 0.05) is 33.2 Å². The Morgan fingerprint density at radius 1 is 1.03 bits per heavy atom. The summed E-state index contributed by atoms with van der Waals surface area (Å²) < 4.78 is 6.27. The molecule has 0 aliphatic carbocycles. The molecule has 4 nitrogen and oxygen atoms in total. The molecule has 1 aliphatic heterocycles. The summed E-state index contributed by atoms with van der Waals surface area (Å²) in [5.41, 5.74) is 3.81. The first kappa shape index (κ1) is 20.8. The lowest BCUT2D eigenvalue weighted by Gasteiger charge is -2.36. The van der Waals surface area contributed by atoms with Crippen LogP contribution in [-0.2, 0) is 0 Å². The predicted molar refractivity (Wildman–Crippen MR) is 122 cm³/mol. The lowest BCUT2D eigenvalue weighted by Crippen LogP contribution is -2.37. The van der Waals surface area contributed by atoms with Crippen LogP contribution >= 0.6 is 23.2 Å². The first-order valence-electron chi connectivity index (χ1n) is 9.83. The Balaban J connectivity index is 1.95. The highest BCUT2D eigenvalue weighted by Crippen LogP contribution is 2.45. The summed E-state index contributed by atoms with van der Waals surface area (Å²) in [6, 6.07) is 16.5. The molecule has 4 rings (SSSR count). The first-order valence-corrected chi connectivity index (χ1v) is 10.6. The summed E-state index contributed by atoms with van der Waals surface area (Å²) in [5, 5.41) is 4.64. The maximum absolute atomic E-state index is 11.7. The van der Waals surface area contributed by atoms with Gasteiger partial charge in [-0.1, -0.05) is 79.5 Å². The number of fused-ring (bicyclic) bond motifs is 1. The average Bonchev–Trinajstić information content (AvgIpc) is 2.72. The van der Waals surface area contributed by atoms with Crippen LogP contribution < -0.4 is 4.74 Å². The molecule has 1 aliphatic rings. The molecule has 0 radical (unpaired) electrons. The smallest absolute Gasteiger partial charge is 0.219 e. The summed E-state index contributed by atoms with van der Waals surface area (Å²) in [4.78, 5) is 16.6. The molecule has 0 spiro atoms. The molecule has 0 saturated carbocycles. The van der Waals surface area contributed by atoms with Crippen LogP contribution in [0.2, 0.25) is 10.0 Å². The molecular weight excluding hydrogens is 419 g/mol. The van der Waals surface area contributed by atoms with Crippen molar-refractivity contribution in [2.24, 2.45) is 10.6 Å². The molecule has 0 amide bonds. The van der Waals surface area contributed by atoms with Crippen molar-refractivity contribution >= 4 is 23.2 Å². The Hall–Kier alpha value is -2.43. The van der Waals surface area contributed by atoms with Crippen LogP contribution in [-0.4, -0.2) is 11.1 Å². The van der Waals surface area contributed by atoms with Crippen LogP contribution in [0.15, 0.2) is 59.8 Å². The fourth-order valence-electron chi connectivity index (χ4n) is 3.70. The molecule has 3 aromatic rings. The van der Waals surface area contributed by atoms with Gasteiger partial charge >= 0.3 is 0 Å². The number of pyridine rings is 1. The quantitative estimate of drug-likeness (QED) is 0.391. The average molecular weight is 441 g/mol. The van der Waals surface area contributed by atoms with Crippen LogP contribution in [0, 0.1) is 10.3 Å². The number of ether oxygens (including phenoxy) is 1. The third-order valence-electron chi connectivity index (χ3n) is 5.44. The van der Waals surface area contributed by atoms with E-state index in [0.717, 1.165) is 16.7 Å². The fourth-order valence-corrected chi connectivity index (χ4v) is 4.05. The van der Waals surface area contributed by atoms with Crippen LogP contribution in [0.4, 0.5) is 0 Å². The summed E-state index contributed by atoms with van der Waals surface area (Å²) in [6.07, 6.45) is 0.355. The molecule has 2 heterocycles. The second-order valence-electron chi connectivity index (χ2n) is 8.60. The standard InChI is InChI=1S/C24H22Cl2N2O2/c1-24(2,3)21-13-20(28-29)18-12-17(14-8-10-15(25)11-9-14)22(27-23(18)30-21)16-6-4-5-7-19(16)26/h4-12,20-21H,13H2,1-3H3. The van der Waals surface area contributed by atoms with E-state index in [1.807, 2.05) is 54.6 Å². The maximum atomic E-state index is 11.7. The predicted octanol–water partition coefficient (Wildman–Crippen LogP) is 7.73. The molecule has 6 heteroatoms. The molecule has 0 bridgehead atoms. The van der Waals surface area contributed by atoms with Gasteiger partial charge in [0.1, 0.15) is 12.1 Å². The SMILES string of the molecule is CC(C)(C)C1CC(N=O)c2cc(-c3ccc(Cl)cc3)c(-c3ccccc3Cl)nc2O1. The molecule has 1 aromatic heterocycles. The molecule has 2 unspecified atom stereocenters. The molecule has 154 valence electrons. The number of hydrogen-bond donors (Lipinski definition) is 0. The minimum absolute atomic E-state index is 0.151. The zero-order chi connectivity index (χ0) is 21.5. The van der Waals surface area contributed by atoms with E-state index in [1.165, 1.54) is 0 Å². The van der Waals surface area contributed by atoms with Crippen molar-refractivity contribution < 1.29 is 4.74 Å². The highest BCUT2D eigenvalue weighted by Gasteiger charge is 2.38. The van der Waals surface area contributed by atoms with Gasteiger partial charge in [0.25, 0.3) is 0 Å². The van der Waals surface area contributed by atoms with Gasteiger partial charge in [-0.2, -0.15) is 4.91 Å². The van der Waals surface area contributed by atoms with Gasteiger partial charge in [-0.25, -0.2) is 4.98 Å². The van der Waals surface area contributed by atoms with Gasteiger partial charge in [-0.05, 0) is 35.2 Å². The third kappa shape index (κ3) is 3.94. The second kappa shape index (κ2) is 8.01. The first-order chi connectivity index (χ1) is 14.3. The zero-order valence-corrected chi connectivity index (χ0v) is 18.5. The van der Waals surface area contributed by atoms with Crippen molar-refractivity contribution in [2.45, 2.75) is 39.3 Å².